The van der Waals surface area contributed by atoms with Crippen LogP contribution in [0.2, 0.25) is 0 Å². The summed E-state index contributed by atoms with van der Waals surface area (Å²) in [5.74, 6) is 0.491. The third-order valence-corrected chi connectivity index (χ3v) is 4.39. The maximum Gasteiger partial charge on any atom is 0.163 e. The Morgan fingerprint density at radius 2 is 2.12 bits per heavy atom. The number of fused-ring (bicyclic) bond motifs is 1. The monoisotopic (exact) mass is 326 g/mol. The van der Waals surface area contributed by atoms with Gasteiger partial charge in [-0.15, -0.1) is 0 Å². The summed E-state index contributed by atoms with van der Waals surface area (Å²) < 4.78 is 15.3. The fourth-order valence-electron chi connectivity index (χ4n) is 3.15. The molecule has 6 nitrogen and oxygen atoms in total. The van der Waals surface area contributed by atoms with Gasteiger partial charge in [0, 0.05) is 6.54 Å². The van der Waals surface area contributed by atoms with Crippen LogP contribution in [0.1, 0.15) is 24.4 Å². The average Bonchev–Trinajstić information content (AvgIpc) is 3.05. The molecule has 0 aliphatic carbocycles. The molecule has 2 N–H and O–H groups in total. The van der Waals surface area contributed by atoms with Gasteiger partial charge in [0.25, 0.3) is 0 Å². The van der Waals surface area contributed by atoms with Crippen LogP contribution in [0, 0.1) is 5.82 Å². The van der Waals surface area contributed by atoms with Crippen LogP contribution in [-0.2, 0) is 6.54 Å². The Labute approximate surface area is 139 Å². The van der Waals surface area contributed by atoms with Gasteiger partial charge in [-0.2, -0.15) is 5.10 Å². The Morgan fingerprint density at radius 3 is 2.96 bits per heavy atom. The van der Waals surface area contributed by atoms with Gasteiger partial charge in [-0.1, -0.05) is 12.1 Å². The van der Waals surface area contributed by atoms with Gasteiger partial charge in [-0.3, -0.25) is 0 Å². The zero-order valence-corrected chi connectivity index (χ0v) is 13.2. The van der Waals surface area contributed by atoms with Crippen LogP contribution in [0.3, 0.4) is 0 Å². The van der Waals surface area contributed by atoms with Gasteiger partial charge in [0.1, 0.15) is 18.0 Å². The van der Waals surface area contributed by atoms with Crippen molar-refractivity contribution in [3.8, 4) is 0 Å². The van der Waals surface area contributed by atoms with E-state index in [9.17, 15) is 4.39 Å². The van der Waals surface area contributed by atoms with Crippen LogP contribution in [0.4, 0.5) is 10.2 Å². The molecule has 124 valence electrons. The Balaban J connectivity index is 1.58. The van der Waals surface area contributed by atoms with Crippen molar-refractivity contribution in [2.75, 3.05) is 18.4 Å². The number of anilines is 1. The van der Waals surface area contributed by atoms with Crippen LogP contribution in [0.25, 0.3) is 11.0 Å². The largest absolute Gasteiger partial charge is 0.365 e. The zero-order valence-electron chi connectivity index (χ0n) is 13.2. The molecule has 1 aliphatic heterocycles. The highest BCUT2D eigenvalue weighted by molar-refractivity contribution is 5.86. The summed E-state index contributed by atoms with van der Waals surface area (Å²) in [6.07, 6.45) is 5.46. The number of benzene rings is 1. The minimum absolute atomic E-state index is 0.235. The van der Waals surface area contributed by atoms with Crippen LogP contribution in [-0.4, -0.2) is 32.8 Å². The molecule has 1 saturated heterocycles. The van der Waals surface area contributed by atoms with E-state index in [-0.39, 0.29) is 5.82 Å². The first-order chi connectivity index (χ1) is 11.8. The number of hydrogen-bond acceptors (Lipinski definition) is 5. The van der Waals surface area contributed by atoms with Crippen molar-refractivity contribution in [2.45, 2.75) is 25.4 Å². The lowest BCUT2D eigenvalue weighted by Crippen LogP contribution is -2.29. The van der Waals surface area contributed by atoms with Crippen molar-refractivity contribution in [3.05, 3.63) is 48.2 Å². The van der Waals surface area contributed by atoms with Gasteiger partial charge in [0.15, 0.2) is 5.65 Å². The van der Waals surface area contributed by atoms with Crippen molar-refractivity contribution in [1.82, 2.24) is 25.1 Å². The number of piperidine rings is 1. The molecule has 0 radical (unpaired) electrons. The molecule has 1 fully saturated rings. The molecule has 0 spiro atoms. The number of aromatic nitrogens is 4. The minimum atomic E-state index is -0.235. The van der Waals surface area contributed by atoms with Crippen LogP contribution < -0.4 is 10.6 Å². The van der Waals surface area contributed by atoms with E-state index < -0.39 is 0 Å². The van der Waals surface area contributed by atoms with Crippen molar-refractivity contribution < 1.29 is 4.39 Å². The van der Waals surface area contributed by atoms with E-state index in [1.54, 1.807) is 12.4 Å². The zero-order chi connectivity index (χ0) is 16.4. The molecule has 1 aromatic carbocycles. The molecule has 0 saturated carbocycles. The lowest BCUT2D eigenvalue weighted by Gasteiger charge is -2.23. The molecule has 0 bridgehead atoms. The summed E-state index contributed by atoms with van der Waals surface area (Å²) in [4.78, 5) is 8.74. The molecule has 0 amide bonds. The highest BCUT2D eigenvalue weighted by Crippen LogP contribution is 2.25. The second-order valence-electron chi connectivity index (χ2n) is 6.01. The van der Waals surface area contributed by atoms with Gasteiger partial charge < -0.3 is 10.6 Å². The molecular formula is C17H19FN6. The number of nitrogens with one attached hydrogen (secondary N) is 2. The van der Waals surface area contributed by atoms with Crippen molar-refractivity contribution >= 4 is 16.9 Å². The molecule has 1 aliphatic rings. The van der Waals surface area contributed by atoms with E-state index in [0.29, 0.717) is 12.6 Å². The second-order valence-corrected chi connectivity index (χ2v) is 6.01. The molecular weight excluding hydrogens is 307 g/mol. The van der Waals surface area contributed by atoms with Crippen molar-refractivity contribution in [1.29, 1.82) is 0 Å². The van der Waals surface area contributed by atoms with Gasteiger partial charge in [-0.05, 0) is 43.6 Å². The lowest BCUT2D eigenvalue weighted by molar-refractivity contribution is 0.349. The summed E-state index contributed by atoms with van der Waals surface area (Å²) >= 11 is 0. The molecule has 3 heterocycles. The maximum absolute atomic E-state index is 13.3. The minimum Gasteiger partial charge on any atom is -0.365 e. The van der Waals surface area contributed by atoms with Gasteiger partial charge >= 0.3 is 0 Å². The molecule has 3 aromatic rings. The van der Waals surface area contributed by atoms with Gasteiger partial charge in [0.2, 0.25) is 0 Å². The number of halogens is 1. The van der Waals surface area contributed by atoms with Crippen molar-refractivity contribution in [2.24, 2.45) is 0 Å². The highest BCUT2D eigenvalue weighted by Gasteiger charge is 2.19. The van der Waals surface area contributed by atoms with Crippen LogP contribution >= 0.6 is 0 Å². The second kappa shape index (κ2) is 6.52. The SMILES string of the molecule is Fc1cccc(CNc2ncnc3c2cnn3C2CCNCC2)c1. The molecule has 24 heavy (non-hydrogen) atoms. The molecule has 0 unspecified atom stereocenters. The quantitative estimate of drug-likeness (QED) is 0.771. The first kappa shape index (κ1) is 15.0. The van der Waals surface area contributed by atoms with E-state index in [1.807, 2.05) is 16.9 Å². The molecule has 2 aromatic heterocycles. The number of nitrogens with zero attached hydrogens (tertiary/aromatic N) is 4. The highest BCUT2D eigenvalue weighted by atomic mass is 19.1. The van der Waals surface area contributed by atoms with E-state index in [0.717, 1.165) is 48.3 Å². The summed E-state index contributed by atoms with van der Waals surface area (Å²) in [5, 5.41) is 12.1. The third-order valence-electron chi connectivity index (χ3n) is 4.39. The normalized spacial score (nSPS) is 15.7. The average molecular weight is 326 g/mol. The van der Waals surface area contributed by atoms with Gasteiger partial charge in [-0.25, -0.2) is 19.0 Å². The lowest BCUT2D eigenvalue weighted by atomic mass is 10.1. The maximum atomic E-state index is 13.3. The fraction of sp³-hybridized carbons (Fsp3) is 0.353. The molecule has 7 heteroatoms. The third kappa shape index (κ3) is 2.94. The van der Waals surface area contributed by atoms with E-state index >= 15 is 0 Å². The smallest absolute Gasteiger partial charge is 0.163 e. The fourth-order valence-corrected chi connectivity index (χ4v) is 3.15. The first-order valence-electron chi connectivity index (χ1n) is 8.18. The Hall–Kier alpha value is -2.54. The van der Waals surface area contributed by atoms with E-state index in [4.69, 9.17) is 0 Å². The van der Waals surface area contributed by atoms with Gasteiger partial charge in [0.05, 0.1) is 17.6 Å². The number of rotatable bonds is 4. The Kier molecular flexibility index (Phi) is 4.08. The van der Waals surface area contributed by atoms with Crippen molar-refractivity contribution in [3.63, 3.8) is 0 Å². The Morgan fingerprint density at radius 1 is 1.25 bits per heavy atom. The summed E-state index contributed by atoms with van der Waals surface area (Å²) in [5.41, 5.74) is 1.71. The van der Waals surface area contributed by atoms with E-state index in [2.05, 4.69) is 25.7 Å². The van der Waals surface area contributed by atoms with E-state index in [1.165, 1.54) is 12.1 Å². The topological polar surface area (TPSA) is 67.7 Å². The summed E-state index contributed by atoms with van der Waals surface area (Å²) in [7, 11) is 0. The number of hydrogen-bond donors (Lipinski definition) is 2. The molecule has 4 rings (SSSR count). The summed E-state index contributed by atoms with van der Waals surface area (Å²) in [6.45, 7) is 2.51. The predicted octanol–water partition coefficient (Wildman–Crippen LogP) is 2.50. The Bertz CT molecular complexity index is 840. The molecule has 0 atom stereocenters. The van der Waals surface area contributed by atoms with Crippen LogP contribution in [0.15, 0.2) is 36.8 Å². The standard InChI is InChI=1S/C17H19FN6/c18-13-3-1-2-12(8-13)9-20-16-15-10-23-24(17(15)22-11-21-16)14-4-6-19-7-5-14/h1-3,8,10-11,14,19H,4-7,9H2,(H,20,21,22). The summed E-state index contributed by atoms with van der Waals surface area (Å²) in [6, 6.07) is 6.92. The van der Waals surface area contributed by atoms with Crippen LogP contribution in [0.5, 0.6) is 0 Å². The first-order valence-corrected chi connectivity index (χ1v) is 8.18. The predicted molar refractivity (Wildman–Crippen MR) is 90.2 cm³/mol.